The average Bonchev–Trinajstić information content (AvgIpc) is 3.33. The monoisotopic (exact) mass is 367 g/mol. The highest BCUT2D eigenvalue weighted by molar-refractivity contribution is 5.77. The number of carbonyl (C=O) groups excluding carboxylic acids is 1. The number of aryl methyl sites for hydroxylation is 1. The predicted octanol–water partition coefficient (Wildman–Crippen LogP) is 0.886. The molecule has 1 unspecified atom stereocenters. The van der Waals surface area contributed by atoms with Gasteiger partial charge in [-0.15, -0.1) is 0 Å². The summed E-state index contributed by atoms with van der Waals surface area (Å²) in [4.78, 5) is 20.9. The molecule has 0 fully saturated rings. The van der Waals surface area contributed by atoms with Crippen LogP contribution in [0.5, 0.6) is 5.75 Å². The van der Waals surface area contributed by atoms with Crippen LogP contribution in [0.4, 0.5) is 0 Å². The molecule has 0 aliphatic carbocycles. The van der Waals surface area contributed by atoms with Gasteiger partial charge in [-0.1, -0.05) is 12.1 Å². The van der Waals surface area contributed by atoms with Crippen LogP contribution in [0, 0.1) is 0 Å². The fourth-order valence-electron chi connectivity index (χ4n) is 3.38. The molecule has 3 aromatic rings. The number of hydrogen-bond donors (Lipinski definition) is 1. The molecule has 140 valence electrons. The highest BCUT2D eigenvalue weighted by Gasteiger charge is 2.28. The van der Waals surface area contributed by atoms with Gasteiger partial charge in [-0.05, 0) is 18.6 Å². The molecule has 0 spiro atoms. The fraction of sp³-hybridized carbons (Fsp3) is 0.389. The number of nitrogens with one attached hydrogen (secondary N) is 1. The number of rotatable bonds is 5. The van der Waals surface area contributed by atoms with Gasteiger partial charge in [0.25, 0.3) is 0 Å². The number of likely N-dealkylation sites (N-methyl/N-ethyl adjacent to an activating group) is 1. The molecular formula is C18H21N7O2. The van der Waals surface area contributed by atoms with Crippen molar-refractivity contribution in [1.29, 1.82) is 0 Å². The molecule has 2 aromatic heterocycles. The van der Waals surface area contributed by atoms with Crippen molar-refractivity contribution in [2.24, 2.45) is 0 Å². The molecule has 0 saturated heterocycles. The molecule has 1 N–H and O–H groups in total. The smallest absolute Gasteiger partial charge is 0.227 e. The topological polar surface area (TPSA) is 99.8 Å². The number of hydrogen-bond acceptors (Lipinski definition) is 6. The Morgan fingerprint density at radius 3 is 3.04 bits per heavy atom. The van der Waals surface area contributed by atoms with Crippen LogP contribution >= 0.6 is 0 Å². The zero-order valence-electron chi connectivity index (χ0n) is 15.3. The van der Waals surface area contributed by atoms with E-state index in [1.54, 1.807) is 25.2 Å². The minimum Gasteiger partial charge on any atom is -0.494 e. The maximum Gasteiger partial charge on any atom is 0.227 e. The summed E-state index contributed by atoms with van der Waals surface area (Å²) in [5.74, 6) is 2.96. The van der Waals surface area contributed by atoms with Crippen molar-refractivity contribution in [3.05, 3.63) is 48.1 Å². The van der Waals surface area contributed by atoms with E-state index in [9.17, 15) is 4.79 Å². The molecule has 9 nitrogen and oxygen atoms in total. The minimum atomic E-state index is -0.123. The van der Waals surface area contributed by atoms with Gasteiger partial charge in [0, 0.05) is 25.9 Å². The zero-order chi connectivity index (χ0) is 18.8. The number of benzene rings is 1. The first-order valence-corrected chi connectivity index (χ1v) is 8.86. The van der Waals surface area contributed by atoms with Crippen LogP contribution in [0.1, 0.15) is 29.8 Å². The van der Waals surface area contributed by atoms with E-state index in [4.69, 9.17) is 9.72 Å². The third-order valence-electron chi connectivity index (χ3n) is 4.77. The standard InChI is InChI=1S/C18H21N7O2/c1-19-17(26)10-15-22-18(12-7-8-24-16(9-12)20-11-21-24)25(23-15)13-5-3-4-6-14(13)27-2/h3-6,11-12H,7-10H2,1-2H3,(H,19,26). The Morgan fingerprint density at radius 1 is 1.37 bits per heavy atom. The van der Waals surface area contributed by atoms with Crippen LogP contribution in [0.15, 0.2) is 30.6 Å². The highest BCUT2D eigenvalue weighted by Crippen LogP contribution is 2.31. The van der Waals surface area contributed by atoms with Crippen LogP contribution in [0.3, 0.4) is 0 Å². The second-order valence-corrected chi connectivity index (χ2v) is 6.41. The van der Waals surface area contributed by atoms with E-state index >= 15 is 0 Å². The van der Waals surface area contributed by atoms with Crippen LogP contribution in [0.2, 0.25) is 0 Å². The van der Waals surface area contributed by atoms with Crippen LogP contribution in [-0.2, 0) is 24.2 Å². The Kier molecular flexibility index (Phi) is 4.57. The number of nitrogens with zero attached hydrogens (tertiary/aromatic N) is 6. The first kappa shape index (κ1) is 17.2. The van der Waals surface area contributed by atoms with Gasteiger partial charge in [0.15, 0.2) is 5.82 Å². The summed E-state index contributed by atoms with van der Waals surface area (Å²) in [5, 5.41) is 11.5. The molecule has 1 aliphatic rings. The van der Waals surface area contributed by atoms with Gasteiger partial charge in [0.1, 0.15) is 29.4 Å². The van der Waals surface area contributed by atoms with E-state index < -0.39 is 0 Å². The van der Waals surface area contributed by atoms with Crippen LogP contribution in [0.25, 0.3) is 5.69 Å². The van der Waals surface area contributed by atoms with E-state index in [1.165, 1.54) is 0 Å². The molecule has 1 atom stereocenters. The quantitative estimate of drug-likeness (QED) is 0.719. The largest absolute Gasteiger partial charge is 0.494 e. The van der Waals surface area contributed by atoms with Gasteiger partial charge in [0.2, 0.25) is 5.91 Å². The summed E-state index contributed by atoms with van der Waals surface area (Å²) < 4.78 is 9.22. The number of fused-ring (bicyclic) bond motifs is 1. The van der Waals surface area contributed by atoms with Crippen molar-refractivity contribution in [3.8, 4) is 11.4 Å². The summed E-state index contributed by atoms with van der Waals surface area (Å²) in [5.41, 5.74) is 0.803. The number of aromatic nitrogens is 6. The van der Waals surface area contributed by atoms with E-state index in [0.717, 1.165) is 36.7 Å². The fourth-order valence-corrected chi connectivity index (χ4v) is 3.38. The van der Waals surface area contributed by atoms with E-state index in [-0.39, 0.29) is 18.2 Å². The number of carbonyl (C=O) groups is 1. The van der Waals surface area contributed by atoms with Gasteiger partial charge in [-0.25, -0.2) is 14.6 Å². The Labute approximate surface area is 156 Å². The van der Waals surface area contributed by atoms with Crippen molar-refractivity contribution in [3.63, 3.8) is 0 Å². The second kappa shape index (κ2) is 7.18. The van der Waals surface area contributed by atoms with Crippen molar-refractivity contribution in [1.82, 2.24) is 34.8 Å². The van der Waals surface area contributed by atoms with E-state index in [2.05, 4.69) is 20.5 Å². The van der Waals surface area contributed by atoms with Gasteiger partial charge in [0.05, 0.1) is 13.5 Å². The molecule has 0 bridgehead atoms. The lowest BCUT2D eigenvalue weighted by molar-refractivity contribution is -0.120. The Bertz CT molecular complexity index is 962. The van der Waals surface area contributed by atoms with E-state index in [0.29, 0.717) is 11.6 Å². The van der Waals surface area contributed by atoms with Crippen molar-refractivity contribution < 1.29 is 9.53 Å². The van der Waals surface area contributed by atoms with Gasteiger partial charge >= 0.3 is 0 Å². The highest BCUT2D eigenvalue weighted by atomic mass is 16.5. The Balaban J connectivity index is 1.76. The summed E-state index contributed by atoms with van der Waals surface area (Å²) in [6.45, 7) is 0.781. The first-order valence-electron chi connectivity index (χ1n) is 8.86. The normalized spacial score (nSPS) is 16.0. The molecule has 1 amide bonds. The van der Waals surface area contributed by atoms with Crippen molar-refractivity contribution in [2.75, 3.05) is 14.2 Å². The molecule has 1 aromatic carbocycles. The number of ether oxygens (including phenoxy) is 1. The van der Waals surface area contributed by atoms with Crippen LogP contribution in [-0.4, -0.2) is 49.6 Å². The molecular weight excluding hydrogens is 346 g/mol. The Morgan fingerprint density at radius 2 is 2.22 bits per heavy atom. The van der Waals surface area contributed by atoms with Crippen molar-refractivity contribution in [2.45, 2.75) is 31.7 Å². The third kappa shape index (κ3) is 3.27. The van der Waals surface area contributed by atoms with Gasteiger partial charge < -0.3 is 10.1 Å². The van der Waals surface area contributed by atoms with E-state index in [1.807, 2.05) is 28.9 Å². The lowest BCUT2D eigenvalue weighted by Crippen LogP contribution is -2.22. The lowest BCUT2D eigenvalue weighted by atomic mass is 9.97. The summed E-state index contributed by atoms with van der Waals surface area (Å²) in [6.07, 6.45) is 3.32. The second-order valence-electron chi connectivity index (χ2n) is 6.41. The molecule has 27 heavy (non-hydrogen) atoms. The minimum absolute atomic E-state index is 0.123. The molecule has 9 heteroatoms. The summed E-state index contributed by atoms with van der Waals surface area (Å²) in [7, 11) is 3.23. The first-order chi connectivity index (χ1) is 13.2. The van der Waals surface area contributed by atoms with Crippen molar-refractivity contribution >= 4 is 5.91 Å². The summed E-state index contributed by atoms with van der Waals surface area (Å²) >= 11 is 0. The average molecular weight is 367 g/mol. The molecule has 3 heterocycles. The third-order valence-corrected chi connectivity index (χ3v) is 4.77. The predicted molar refractivity (Wildman–Crippen MR) is 96.8 cm³/mol. The molecule has 4 rings (SSSR count). The van der Waals surface area contributed by atoms with Gasteiger partial charge in [-0.2, -0.15) is 10.2 Å². The number of amides is 1. The number of methoxy groups -OCH3 is 1. The SMILES string of the molecule is CNC(=O)Cc1nc(C2CCn3ncnc3C2)n(-c2ccccc2OC)n1. The number of para-hydroxylation sites is 2. The molecule has 0 radical (unpaired) electrons. The summed E-state index contributed by atoms with van der Waals surface area (Å²) in [6, 6.07) is 7.66. The van der Waals surface area contributed by atoms with Crippen LogP contribution < -0.4 is 10.1 Å². The Hall–Kier alpha value is -3.23. The van der Waals surface area contributed by atoms with Gasteiger partial charge in [-0.3, -0.25) is 9.48 Å². The molecule has 0 saturated carbocycles. The zero-order valence-corrected chi connectivity index (χ0v) is 15.3. The maximum atomic E-state index is 11.8. The lowest BCUT2D eigenvalue weighted by Gasteiger charge is -2.22. The molecule has 1 aliphatic heterocycles. The maximum absolute atomic E-state index is 11.8.